The Hall–Kier alpha value is -1.85. The molecule has 108 valence electrons. The summed E-state index contributed by atoms with van der Waals surface area (Å²) in [5, 5.41) is -0.276. The molecule has 1 aromatic carbocycles. The van der Waals surface area contributed by atoms with Gasteiger partial charge in [-0.3, -0.25) is 9.59 Å². The van der Waals surface area contributed by atoms with E-state index in [0.29, 0.717) is 11.0 Å². The molecule has 0 aliphatic heterocycles. The zero-order valence-corrected chi connectivity index (χ0v) is 13.1. The molecule has 3 aromatic rings. The van der Waals surface area contributed by atoms with Gasteiger partial charge in [0, 0.05) is 9.75 Å². The average molecular weight is 321 g/mol. The van der Waals surface area contributed by atoms with Crippen LogP contribution in [0.5, 0.6) is 0 Å². The van der Waals surface area contributed by atoms with Gasteiger partial charge in [0.05, 0.1) is 16.4 Å². The van der Waals surface area contributed by atoms with Crippen LogP contribution in [0, 0.1) is 13.8 Å². The van der Waals surface area contributed by atoms with Gasteiger partial charge in [-0.2, -0.15) is 0 Å². The molecule has 0 spiro atoms. The van der Waals surface area contributed by atoms with E-state index < -0.39 is 11.1 Å². The van der Waals surface area contributed by atoms with Crippen LogP contribution >= 0.6 is 22.9 Å². The van der Waals surface area contributed by atoms with Crippen molar-refractivity contribution in [2.75, 3.05) is 0 Å². The summed E-state index contributed by atoms with van der Waals surface area (Å²) in [5.41, 5.74) is 1.96. The Morgan fingerprint density at radius 3 is 2.33 bits per heavy atom. The number of nitrogens with one attached hydrogen (secondary N) is 2. The standard InChI is InChI=1S/C15H13ClN2O2S/c1-7-5-12(21-8(7)2)13(16)9-3-4-10-11(6-9)18-15(20)14(19)17-10/h3-6,13H,1-2H3,(H,17,19)(H,18,20). The molecule has 2 heterocycles. The Morgan fingerprint density at radius 1 is 1.05 bits per heavy atom. The molecule has 6 heteroatoms. The van der Waals surface area contributed by atoms with Crippen molar-refractivity contribution < 1.29 is 0 Å². The minimum absolute atomic E-state index is 0.276. The molecule has 21 heavy (non-hydrogen) atoms. The SMILES string of the molecule is Cc1cc(C(Cl)c2ccc3[nH]c(=O)c(=O)[nH]c3c2)sc1C. The fourth-order valence-electron chi connectivity index (χ4n) is 2.18. The Bertz CT molecular complexity index is 919. The van der Waals surface area contributed by atoms with E-state index in [1.807, 2.05) is 6.07 Å². The van der Waals surface area contributed by atoms with Crippen molar-refractivity contribution in [2.45, 2.75) is 19.2 Å². The van der Waals surface area contributed by atoms with Crippen molar-refractivity contribution in [1.82, 2.24) is 9.97 Å². The van der Waals surface area contributed by atoms with E-state index in [4.69, 9.17) is 11.6 Å². The van der Waals surface area contributed by atoms with Crippen molar-refractivity contribution in [3.63, 3.8) is 0 Å². The van der Waals surface area contributed by atoms with Crippen molar-refractivity contribution in [1.29, 1.82) is 0 Å². The second-order valence-corrected chi connectivity index (χ2v) is 6.69. The van der Waals surface area contributed by atoms with Gasteiger partial charge in [-0.25, -0.2) is 0 Å². The van der Waals surface area contributed by atoms with E-state index >= 15 is 0 Å². The van der Waals surface area contributed by atoms with Crippen LogP contribution in [0.15, 0.2) is 33.9 Å². The number of fused-ring (bicyclic) bond motifs is 1. The van der Waals surface area contributed by atoms with Crippen LogP contribution in [-0.4, -0.2) is 9.97 Å². The summed E-state index contributed by atoms with van der Waals surface area (Å²) in [6, 6.07) is 7.50. The molecule has 0 radical (unpaired) electrons. The molecule has 0 saturated carbocycles. The molecular formula is C15H13ClN2O2S. The Morgan fingerprint density at radius 2 is 1.71 bits per heavy atom. The zero-order chi connectivity index (χ0) is 15.1. The normalized spacial score (nSPS) is 12.7. The van der Waals surface area contributed by atoms with Crippen LogP contribution < -0.4 is 11.1 Å². The van der Waals surface area contributed by atoms with Gasteiger partial charge in [-0.15, -0.1) is 22.9 Å². The van der Waals surface area contributed by atoms with E-state index in [2.05, 4.69) is 29.9 Å². The summed E-state index contributed by atoms with van der Waals surface area (Å²) in [7, 11) is 0. The van der Waals surface area contributed by atoms with Gasteiger partial charge in [0.2, 0.25) is 0 Å². The number of thiophene rings is 1. The summed E-state index contributed by atoms with van der Waals surface area (Å²) in [4.78, 5) is 30.1. The van der Waals surface area contributed by atoms with Crippen molar-refractivity contribution in [2.24, 2.45) is 0 Å². The predicted molar refractivity (Wildman–Crippen MR) is 86.7 cm³/mol. The maximum atomic E-state index is 11.4. The molecule has 1 unspecified atom stereocenters. The molecule has 0 saturated heterocycles. The number of alkyl halides is 1. The molecule has 0 amide bonds. The third kappa shape index (κ3) is 2.54. The summed E-state index contributed by atoms with van der Waals surface area (Å²) in [6.07, 6.45) is 0. The number of rotatable bonds is 2. The smallest absolute Gasteiger partial charge is 0.314 e. The third-order valence-corrected chi connectivity index (χ3v) is 5.31. The lowest BCUT2D eigenvalue weighted by Gasteiger charge is -2.08. The highest BCUT2D eigenvalue weighted by Crippen LogP contribution is 2.35. The molecule has 0 aliphatic carbocycles. The molecular weight excluding hydrogens is 308 g/mol. The van der Waals surface area contributed by atoms with Gasteiger partial charge in [-0.05, 0) is 43.2 Å². The highest BCUT2D eigenvalue weighted by atomic mass is 35.5. The quantitative estimate of drug-likeness (QED) is 0.562. The Kier molecular flexibility index (Phi) is 3.47. The summed E-state index contributed by atoms with van der Waals surface area (Å²) < 4.78 is 0. The van der Waals surface area contributed by atoms with Crippen molar-refractivity contribution in [3.05, 3.63) is 65.9 Å². The molecule has 0 aliphatic rings. The van der Waals surface area contributed by atoms with Crippen LogP contribution in [0.1, 0.15) is 26.3 Å². The fraction of sp³-hybridized carbons (Fsp3) is 0.200. The van der Waals surface area contributed by atoms with Crippen molar-refractivity contribution in [3.8, 4) is 0 Å². The summed E-state index contributed by atoms with van der Waals surface area (Å²) in [5.74, 6) is 0. The van der Waals surface area contributed by atoms with E-state index in [1.165, 1.54) is 10.4 Å². The zero-order valence-electron chi connectivity index (χ0n) is 11.5. The highest BCUT2D eigenvalue weighted by Gasteiger charge is 2.15. The van der Waals surface area contributed by atoms with Crippen LogP contribution in [0.2, 0.25) is 0 Å². The van der Waals surface area contributed by atoms with Crippen LogP contribution in [-0.2, 0) is 0 Å². The van der Waals surface area contributed by atoms with Crippen molar-refractivity contribution >= 4 is 34.0 Å². The predicted octanol–water partition coefficient (Wildman–Crippen LogP) is 3.22. The number of hydrogen-bond donors (Lipinski definition) is 2. The van der Waals surface area contributed by atoms with Gasteiger partial charge in [0.25, 0.3) is 0 Å². The van der Waals surface area contributed by atoms with Gasteiger partial charge in [-0.1, -0.05) is 6.07 Å². The first-order chi connectivity index (χ1) is 9.95. The van der Waals surface area contributed by atoms with Crippen LogP contribution in [0.4, 0.5) is 0 Å². The largest absolute Gasteiger partial charge is 0.316 e. The van der Waals surface area contributed by atoms with Gasteiger partial charge in [0.1, 0.15) is 0 Å². The summed E-state index contributed by atoms with van der Waals surface area (Å²) >= 11 is 8.20. The van der Waals surface area contributed by atoms with E-state index in [1.54, 1.807) is 23.5 Å². The minimum Gasteiger partial charge on any atom is -0.316 e. The Balaban J connectivity index is 2.10. The number of aromatic amines is 2. The second kappa shape index (κ2) is 5.16. The van der Waals surface area contributed by atoms with E-state index in [0.717, 1.165) is 10.4 Å². The second-order valence-electron chi connectivity index (χ2n) is 4.96. The number of hydrogen-bond acceptors (Lipinski definition) is 3. The van der Waals surface area contributed by atoms with Gasteiger partial charge in [0.15, 0.2) is 0 Å². The first-order valence-corrected chi connectivity index (χ1v) is 7.68. The third-order valence-electron chi connectivity index (χ3n) is 3.47. The first kappa shape index (κ1) is 14.1. The number of halogens is 1. The lowest BCUT2D eigenvalue weighted by molar-refractivity contribution is 1.13. The number of H-pyrrole nitrogens is 2. The molecule has 0 fully saturated rings. The lowest BCUT2D eigenvalue weighted by atomic mass is 10.1. The van der Waals surface area contributed by atoms with Gasteiger partial charge < -0.3 is 9.97 Å². The maximum absolute atomic E-state index is 11.4. The molecule has 4 nitrogen and oxygen atoms in total. The monoisotopic (exact) mass is 320 g/mol. The number of benzene rings is 1. The minimum atomic E-state index is -0.659. The molecule has 2 aromatic heterocycles. The fourth-order valence-corrected chi connectivity index (χ4v) is 3.56. The number of aryl methyl sites for hydroxylation is 2. The average Bonchev–Trinajstić information content (AvgIpc) is 2.79. The maximum Gasteiger partial charge on any atom is 0.314 e. The van der Waals surface area contributed by atoms with Crippen LogP contribution in [0.3, 0.4) is 0 Å². The van der Waals surface area contributed by atoms with Crippen LogP contribution in [0.25, 0.3) is 11.0 Å². The lowest BCUT2D eigenvalue weighted by Crippen LogP contribution is -2.28. The Labute approximate surface area is 129 Å². The molecule has 3 rings (SSSR count). The molecule has 1 atom stereocenters. The summed E-state index contributed by atoms with van der Waals surface area (Å²) in [6.45, 7) is 4.12. The number of aromatic nitrogens is 2. The molecule has 2 N–H and O–H groups in total. The van der Waals surface area contributed by atoms with E-state index in [-0.39, 0.29) is 5.38 Å². The topological polar surface area (TPSA) is 65.7 Å². The van der Waals surface area contributed by atoms with E-state index in [9.17, 15) is 9.59 Å². The molecule has 0 bridgehead atoms. The van der Waals surface area contributed by atoms with Gasteiger partial charge >= 0.3 is 11.1 Å². The highest BCUT2D eigenvalue weighted by molar-refractivity contribution is 7.12. The first-order valence-electron chi connectivity index (χ1n) is 6.43.